The summed E-state index contributed by atoms with van der Waals surface area (Å²) < 4.78 is 38.4. The van der Waals surface area contributed by atoms with E-state index in [1.165, 1.54) is 12.1 Å². The molecule has 0 aliphatic rings. The van der Waals surface area contributed by atoms with Crippen molar-refractivity contribution >= 4 is 15.9 Å². The average Bonchev–Trinajstić information content (AvgIpc) is 2.25. The van der Waals surface area contributed by atoms with E-state index in [-0.39, 0.29) is 10.5 Å². The number of likely N-dealkylation sites (N-methyl/N-ethyl adjacent to an activating group) is 1. The Balaban J connectivity index is 3.23. The number of allylic oxidation sites excluding steroid dienone is 1. The van der Waals surface area contributed by atoms with Gasteiger partial charge in [0, 0.05) is 4.47 Å². The van der Waals surface area contributed by atoms with Gasteiger partial charge in [0.15, 0.2) is 0 Å². The van der Waals surface area contributed by atoms with Crippen molar-refractivity contribution in [1.82, 2.24) is 5.32 Å². The Bertz CT molecular complexity index is 448. The molecule has 0 bridgehead atoms. The van der Waals surface area contributed by atoms with Crippen LogP contribution in [0, 0.1) is 0 Å². The number of benzene rings is 1. The fourth-order valence-electron chi connectivity index (χ4n) is 1.63. The van der Waals surface area contributed by atoms with Gasteiger partial charge in [0.25, 0.3) is 0 Å². The maximum atomic E-state index is 12.8. The van der Waals surface area contributed by atoms with Gasteiger partial charge >= 0.3 is 6.18 Å². The summed E-state index contributed by atoms with van der Waals surface area (Å²) in [5.74, 6) is 0. The third-order valence-corrected chi connectivity index (χ3v) is 3.16. The van der Waals surface area contributed by atoms with Crippen LogP contribution in [0.1, 0.15) is 31.0 Å². The maximum absolute atomic E-state index is 12.8. The van der Waals surface area contributed by atoms with E-state index in [9.17, 15) is 13.2 Å². The summed E-state index contributed by atoms with van der Waals surface area (Å²) in [5.41, 5.74) is 0.988. The molecule has 0 amide bonds. The molecule has 18 heavy (non-hydrogen) atoms. The van der Waals surface area contributed by atoms with Crippen molar-refractivity contribution in [1.29, 1.82) is 0 Å². The summed E-state index contributed by atoms with van der Waals surface area (Å²) >= 11 is 2.93. The van der Waals surface area contributed by atoms with Crippen LogP contribution < -0.4 is 5.32 Å². The lowest BCUT2D eigenvalue weighted by Crippen LogP contribution is -2.16. The maximum Gasteiger partial charge on any atom is 0.417 e. The van der Waals surface area contributed by atoms with Crippen molar-refractivity contribution in [2.45, 2.75) is 26.1 Å². The minimum absolute atomic E-state index is 0.0609. The molecule has 0 aromatic heterocycles. The van der Waals surface area contributed by atoms with Gasteiger partial charge in [-0.05, 0) is 38.6 Å². The number of halogens is 4. The second-order valence-electron chi connectivity index (χ2n) is 4.25. The molecule has 0 saturated carbocycles. The Hall–Kier alpha value is -0.810. The molecule has 0 fully saturated rings. The van der Waals surface area contributed by atoms with Crippen molar-refractivity contribution in [2.24, 2.45) is 0 Å². The van der Waals surface area contributed by atoms with Crippen LogP contribution in [0.3, 0.4) is 0 Å². The van der Waals surface area contributed by atoms with Crippen molar-refractivity contribution in [3.8, 4) is 0 Å². The quantitative estimate of drug-likeness (QED) is 0.796. The molecule has 1 nitrogen and oxygen atoms in total. The van der Waals surface area contributed by atoms with Gasteiger partial charge in [-0.3, -0.25) is 0 Å². The molecule has 0 heterocycles. The third-order valence-electron chi connectivity index (χ3n) is 2.47. The zero-order valence-corrected chi connectivity index (χ0v) is 12.0. The zero-order chi connectivity index (χ0) is 13.9. The van der Waals surface area contributed by atoms with E-state index in [0.29, 0.717) is 5.56 Å². The molecule has 5 heteroatoms. The molecule has 0 aliphatic heterocycles. The van der Waals surface area contributed by atoms with Crippen LogP contribution in [0.25, 0.3) is 0 Å². The molecule has 1 rings (SSSR count). The summed E-state index contributed by atoms with van der Waals surface area (Å²) in [6, 6.07) is 4.07. The van der Waals surface area contributed by atoms with Gasteiger partial charge in [-0.15, -0.1) is 0 Å². The van der Waals surface area contributed by atoms with E-state index in [0.717, 1.165) is 5.57 Å². The first kappa shape index (κ1) is 15.2. The van der Waals surface area contributed by atoms with Crippen molar-refractivity contribution in [3.63, 3.8) is 0 Å². The van der Waals surface area contributed by atoms with Gasteiger partial charge in [0.2, 0.25) is 0 Å². The molecule has 100 valence electrons. The second-order valence-corrected chi connectivity index (χ2v) is 5.10. The van der Waals surface area contributed by atoms with Gasteiger partial charge < -0.3 is 5.32 Å². The summed E-state index contributed by atoms with van der Waals surface area (Å²) in [6.07, 6.45) is -2.46. The lowest BCUT2D eigenvalue weighted by molar-refractivity contribution is -0.138. The molecule has 1 atom stereocenters. The SMILES string of the molecule is CNC(C=C(C)C)c1ccc(Br)c(C(F)(F)F)c1. The second kappa shape index (κ2) is 5.89. The Morgan fingerprint density at radius 3 is 2.39 bits per heavy atom. The van der Waals surface area contributed by atoms with Crippen LogP contribution in [-0.2, 0) is 6.18 Å². The van der Waals surface area contributed by atoms with Crippen LogP contribution in [-0.4, -0.2) is 7.05 Å². The highest BCUT2D eigenvalue weighted by Gasteiger charge is 2.33. The number of hydrogen-bond donors (Lipinski definition) is 1. The van der Waals surface area contributed by atoms with Crippen LogP contribution in [0.5, 0.6) is 0 Å². The van der Waals surface area contributed by atoms with Crippen molar-refractivity contribution in [3.05, 3.63) is 45.4 Å². The Morgan fingerprint density at radius 2 is 1.94 bits per heavy atom. The van der Waals surface area contributed by atoms with Crippen LogP contribution >= 0.6 is 15.9 Å². The van der Waals surface area contributed by atoms with Crippen molar-refractivity contribution in [2.75, 3.05) is 7.05 Å². The highest BCUT2D eigenvalue weighted by molar-refractivity contribution is 9.10. The first-order chi connectivity index (χ1) is 8.25. The molecule has 0 saturated heterocycles. The fourth-order valence-corrected chi connectivity index (χ4v) is 2.10. The molecule has 0 aliphatic carbocycles. The van der Waals surface area contributed by atoms with Gasteiger partial charge in [-0.25, -0.2) is 0 Å². The Labute approximate surface area is 113 Å². The fraction of sp³-hybridized carbons (Fsp3) is 0.385. The van der Waals surface area contributed by atoms with E-state index in [2.05, 4.69) is 21.2 Å². The minimum atomic E-state index is -4.35. The number of alkyl halides is 3. The van der Waals surface area contributed by atoms with E-state index < -0.39 is 11.7 Å². The summed E-state index contributed by atoms with van der Waals surface area (Å²) in [7, 11) is 1.72. The Kier molecular flexibility index (Phi) is 4.99. The monoisotopic (exact) mass is 321 g/mol. The van der Waals surface area contributed by atoms with Gasteiger partial charge in [-0.1, -0.05) is 33.6 Å². The molecule has 0 radical (unpaired) electrons. The molecule has 1 aromatic carbocycles. The highest BCUT2D eigenvalue weighted by atomic mass is 79.9. The smallest absolute Gasteiger partial charge is 0.310 e. The number of hydrogen-bond acceptors (Lipinski definition) is 1. The average molecular weight is 322 g/mol. The van der Waals surface area contributed by atoms with Gasteiger partial charge in [0.1, 0.15) is 0 Å². The third kappa shape index (κ3) is 3.85. The predicted octanol–water partition coefficient (Wildman–Crippen LogP) is 4.69. The molecule has 1 aromatic rings. The first-order valence-electron chi connectivity index (χ1n) is 5.44. The molecule has 0 spiro atoms. The minimum Gasteiger partial charge on any atom is -0.310 e. The number of rotatable bonds is 3. The van der Waals surface area contributed by atoms with Crippen molar-refractivity contribution < 1.29 is 13.2 Å². The molecular formula is C13H15BrF3N. The van der Waals surface area contributed by atoms with Crippen LogP contribution in [0.2, 0.25) is 0 Å². The molecule has 1 unspecified atom stereocenters. The topological polar surface area (TPSA) is 12.0 Å². The van der Waals surface area contributed by atoms with E-state index in [4.69, 9.17) is 0 Å². The predicted molar refractivity (Wildman–Crippen MR) is 70.4 cm³/mol. The van der Waals surface area contributed by atoms with E-state index in [1.54, 1.807) is 13.1 Å². The normalized spacial score (nSPS) is 13.3. The highest BCUT2D eigenvalue weighted by Crippen LogP contribution is 2.36. The van der Waals surface area contributed by atoms with Crippen LogP contribution in [0.15, 0.2) is 34.3 Å². The van der Waals surface area contributed by atoms with Gasteiger partial charge in [-0.2, -0.15) is 13.2 Å². The van der Waals surface area contributed by atoms with Crippen LogP contribution in [0.4, 0.5) is 13.2 Å². The zero-order valence-electron chi connectivity index (χ0n) is 10.4. The lowest BCUT2D eigenvalue weighted by atomic mass is 10.0. The van der Waals surface area contributed by atoms with E-state index >= 15 is 0 Å². The number of nitrogens with one attached hydrogen (secondary N) is 1. The van der Waals surface area contributed by atoms with Gasteiger partial charge in [0.05, 0.1) is 11.6 Å². The van der Waals surface area contributed by atoms with E-state index in [1.807, 2.05) is 19.9 Å². The largest absolute Gasteiger partial charge is 0.417 e. The molecule has 1 N–H and O–H groups in total. The first-order valence-corrected chi connectivity index (χ1v) is 6.24. The Morgan fingerprint density at radius 1 is 1.33 bits per heavy atom. The molecular weight excluding hydrogens is 307 g/mol. The lowest BCUT2D eigenvalue weighted by Gasteiger charge is -2.16. The standard InChI is InChI=1S/C13H15BrF3N/c1-8(2)6-12(18-3)9-4-5-11(14)10(7-9)13(15,16)17/h4-7,12,18H,1-3H3. The summed E-state index contributed by atoms with van der Waals surface area (Å²) in [4.78, 5) is 0. The summed E-state index contributed by atoms with van der Waals surface area (Å²) in [6.45, 7) is 3.82. The summed E-state index contributed by atoms with van der Waals surface area (Å²) in [5, 5.41) is 2.99.